The van der Waals surface area contributed by atoms with Crippen LogP contribution >= 0.6 is 0 Å². The first kappa shape index (κ1) is 17.9. The third-order valence-corrected chi connectivity index (χ3v) is 4.01. The number of nitrogens with two attached hydrogens (primary N) is 1. The number of anilines is 2. The van der Waals surface area contributed by atoms with E-state index in [0.29, 0.717) is 42.3 Å². The number of nitrogens with zero attached hydrogens (tertiary/aromatic N) is 4. The molecule has 27 heavy (non-hydrogen) atoms. The molecule has 2 aromatic heterocycles. The van der Waals surface area contributed by atoms with E-state index in [1.54, 1.807) is 10.7 Å². The van der Waals surface area contributed by atoms with Crippen LogP contribution in [0, 0.1) is 11.3 Å². The minimum Gasteiger partial charge on any atom is -0.478 e. The molecule has 1 aromatic carbocycles. The highest BCUT2D eigenvalue weighted by Crippen LogP contribution is 2.21. The zero-order chi connectivity index (χ0) is 19.2. The van der Waals surface area contributed by atoms with Gasteiger partial charge in [0.15, 0.2) is 0 Å². The summed E-state index contributed by atoms with van der Waals surface area (Å²) in [5.74, 6) is -0.0860. The van der Waals surface area contributed by atoms with Crippen molar-refractivity contribution in [3.63, 3.8) is 0 Å². The van der Waals surface area contributed by atoms with Crippen LogP contribution in [0.5, 0.6) is 0 Å². The van der Waals surface area contributed by atoms with E-state index >= 15 is 0 Å². The second-order valence-corrected chi connectivity index (χ2v) is 5.83. The predicted molar refractivity (Wildman–Crippen MR) is 101 cm³/mol. The molecule has 0 amide bonds. The number of pyridine rings is 1. The summed E-state index contributed by atoms with van der Waals surface area (Å²) < 4.78 is 1.58. The van der Waals surface area contributed by atoms with Gasteiger partial charge in [0.1, 0.15) is 23.3 Å². The fraction of sp³-hybridized carbons (Fsp3) is 0.158. The Morgan fingerprint density at radius 1 is 1.26 bits per heavy atom. The Bertz CT molecular complexity index is 974. The number of para-hydroxylation sites is 1. The number of nitrogens with one attached hydrogen (secondary N) is 1. The summed E-state index contributed by atoms with van der Waals surface area (Å²) in [5, 5.41) is 25.9. The summed E-state index contributed by atoms with van der Waals surface area (Å²) in [4.78, 5) is 14.9. The molecule has 0 bridgehead atoms. The molecule has 8 heteroatoms. The summed E-state index contributed by atoms with van der Waals surface area (Å²) in [6.45, 7) is 0.600. The third kappa shape index (κ3) is 4.04. The SMILES string of the molecule is N#Cc1c(CCCNc2ccc(C(=O)O)cn2)nn(-c2ccccc2)c1N. The number of hydrogen-bond donors (Lipinski definition) is 3. The number of nitrogen functional groups attached to an aromatic ring is 1. The van der Waals surface area contributed by atoms with E-state index in [1.807, 2.05) is 30.3 Å². The predicted octanol–water partition coefficient (Wildman–Crippen LogP) is 2.46. The van der Waals surface area contributed by atoms with Gasteiger partial charge in [0.05, 0.1) is 16.9 Å². The fourth-order valence-electron chi connectivity index (χ4n) is 2.64. The van der Waals surface area contributed by atoms with Crippen LogP contribution in [-0.2, 0) is 6.42 Å². The minimum atomic E-state index is -1.01. The van der Waals surface area contributed by atoms with Crippen LogP contribution in [0.25, 0.3) is 5.69 Å². The van der Waals surface area contributed by atoms with Gasteiger partial charge in [-0.05, 0) is 37.1 Å². The van der Waals surface area contributed by atoms with Gasteiger partial charge in [0, 0.05) is 12.7 Å². The number of benzene rings is 1. The van der Waals surface area contributed by atoms with Crippen molar-refractivity contribution < 1.29 is 9.90 Å². The van der Waals surface area contributed by atoms with Gasteiger partial charge >= 0.3 is 5.97 Å². The second-order valence-electron chi connectivity index (χ2n) is 5.83. The van der Waals surface area contributed by atoms with Gasteiger partial charge in [-0.3, -0.25) is 0 Å². The van der Waals surface area contributed by atoms with Crippen LogP contribution in [0.15, 0.2) is 48.7 Å². The van der Waals surface area contributed by atoms with E-state index in [-0.39, 0.29) is 5.56 Å². The number of aromatic nitrogens is 3. The van der Waals surface area contributed by atoms with Crippen molar-refractivity contribution in [3.05, 3.63) is 65.5 Å². The molecule has 0 radical (unpaired) electrons. The summed E-state index contributed by atoms with van der Waals surface area (Å²) >= 11 is 0. The van der Waals surface area contributed by atoms with Crippen molar-refractivity contribution in [2.24, 2.45) is 0 Å². The van der Waals surface area contributed by atoms with Crippen molar-refractivity contribution >= 4 is 17.6 Å². The zero-order valence-corrected chi connectivity index (χ0v) is 14.5. The summed E-state index contributed by atoms with van der Waals surface area (Å²) in [6, 6.07) is 14.7. The Morgan fingerprint density at radius 3 is 2.67 bits per heavy atom. The standard InChI is InChI=1S/C19H18N6O2/c20-11-15-16(24-25(18(15)21)14-5-2-1-3-6-14)7-4-10-22-17-9-8-13(12-23-17)19(26)27/h1-3,5-6,8-9,12H,4,7,10,21H2,(H,22,23)(H,26,27). The number of rotatable bonds is 7. The topological polar surface area (TPSA) is 130 Å². The molecule has 0 aliphatic rings. The van der Waals surface area contributed by atoms with E-state index in [4.69, 9.17) is 10.8 Å². The number of carboxylic acid groups (broad SMARTS) is 1. The van der Waals surface area contributed by atoms with Gasteiger partial charge in [0.2, 0.25) is 0 Å². The van der Waals surface area contributed by atoms with E-state index in [1.165, 1.54) is 12.3 Å². The molecule has 0 saturated carbocycles. The van der Waals surface area contributed by atoms with E-state index in [0.717, 1.165) is 5.69 Å². The smallest absolute Gasteiger partial charge is 0.337 e. The normalized spacial score (nSPS) is 10.3. The largest absolute Gasteiger partial charge is 0.478 e. The van der Waals surface area contributed by atoms with Crippen molar-refractivity contribution in [1.29, 1.82) is 5.26 Å². The first-order valence-electron chi connectivity index (χ1n) is 8.36. The van der Waals surface area contributed by atoms with E-state index < -0.39 is 5.97 Å². The maximum atomic E-state index is 10.8. The lowest BCUT2D eigenvalue weighted by molar-refractivity contribution is 0.0696. The highest BCUT2D eigenvalue weighted by Gasteiger charge is 2.16. The van der Waals surface area contributed by atoms with Gasteiger partial charge in [0.25, 0.3) is 0 Å². The molecule has 3 aromatic rings. The summed E-state index contributed by atoms with van der Waals surface area (Å²) in [5.41, 5.74) is 8.07. The van der Waals surface area contributed by atoms with Crippen molar-refractivity contribution in [2.75, 3.05) is 17.6 Å². The second kappa shape index (κ2) is 8.01. The third-order valence-electron chi connectivity index (χ3n) is 4.01. The number of carbonyl (C=O) groups is 1. The van der Waals surface area contributed by atoms with Gasteiger partial charge in [-0.15, -0.1) is 0 Å². The lowest BCUT2D eigenvalue weighted by atomic mass is 10.1. The van der Waals surface area contributed by atoms with Crippen LogP contribution in [0.1, 0.15) is 28.0 Å². The molecule has 3 rings (SSSR count). The Balaban J connectivity index is 1.63. The van der Waals surface area contributed by atoms with Crippen LogP contribution in [0.3, 0.4) is 0 Å². The minimum absolute atomic E-state index is 0.140. The molecule has 0 aliphatic heterocycles. The van der Waals surface area contributed by atoms with Crippen LogP contribution in [0.4, 0.5) is 11.6 Å². The van der Waals surface area contributed by atoms with E-state index in [2.05, 4.69) is 21.5 Å². The highest BCUT2D eigenvalue weighted by molar-refractivity contribution is 5.87. The Morgan fingerprint density at radius 2 is 2.04 bits per heavy atom. The lowest BCUT2D eigenvalue weighted by Gasteiger charge is -2.05. The van der Waals surface area contributed by atoms with E-state index in [9.17, 15) is 10.1 Å². The Kier molecular flexibility index (Phi) is 5.33. The van der Waals surface area contributed by atoms with Gasteiger partial charge in [-0.25, -0.2) is 14.5 Å². The fourth-order valence-corrected chi connectivity index (χ4v) is 2.64. The number of aromatic carboxylic acids is 1. The molecular weight excluding hydrogens is 344 g/mol. The van der Waals surface area contributed by atoms with Crippen molar-refractivity contribution in [2.45, 2.75) is 12.8 Å². The molecular formula is C19H18N6O2. The Labute approximate surface area is 155 Å². The molecule has 2 heterocycles. The monoisotopic (exact) mass is 362 g/mol. The molecule has 0 aliphatic carbocycles. The van der Waals surface area contributed by atoms with Crippen LogP contribution in [0.2, 0.25) is 0 Å². The molecule has 0 atom stereocenters. The number of nitriles is 1. The maximum Gasteiger partial charge on any atom is 0.337 e. The van der Waals surface area contributed by atoms with Gasteiger partial charge in [-0.1, -0.05) is 18.2 Å². The average Bonchev–Trinajstić information content (AvgIpc) is 3.01. The molecule has 0 spiro atoms. The van der Waals surface area contributed by atoms with Crippen LogP contribution < -0.4 is 11.1 Å². The van der Waals surface area contributed by atoms with Crippen LogP contribution in [-0.4, -0.2) is 32.4 Å². The molecule has 8 nitrogen and oxygen atoms in total. The molecule has 0 unspecified atom stereocenters. The van der Waals surface area contributed by atoms with Crippen molar-refractivity contribution in [1.82, 2.24) is 14.8 Å². The number of carboxylic acids is 1. The van der Waals surface area contributed by atoms with Gasteiger partial charge < -0.3 is 16.2 Å². The molecule has 0 saturated heterocycles. The quantitative estimate of drug-likeness (QED) is 0.550. The molecule has 0 fully saturated rings. The molecule has 136 valence electrons. The van der Waals surface area contributed by atoms with Crippen molar-refractivity contribution in [3.8, 4) is 11.8 Å². The maximum absolute atomic E-state index is 10.8. The first-order chi connectivity index (χ1) is 13.1. The Hall–Kier alpha value is -3.86. The molecule has 4 N–H and O–H groups in total. The summed E-state index contributed by atoms with van der Waals surface area (Å²) in [7, 11) is 0. The lowest BCUT2D eigenvalue weighted by Crippen LogP contribution is -2.06. The zero-order valence-electron chi connectivity index (χ0n) is 14.5. The van der Waals surface area contributed by atoms with Gasteiger partial charge in [-0.2, -0.15) is 10.4 Å². The number of aryl methyl sites for hydroxylation is 1. The first-order valence-corrected chi connectivity index (χ1v) is 8.36. The highest BCUT2D eigenvalue weighted by atomic mass is 16.4. The number of hydrogen-bond acceptors (Lipinski definition) is 6. The average molecular weight is 362 g/mol. The summed E-state index contributed by atoms with van der Waals surface area (Å²) in [6.07, 6.45) is 2.59.